The highest BCUT2D eigenvalue weighted by molar-refractivity contribution is 7.86. The smallest absolute Gasteiger partial charge is 0.281 e. The lowest BCUT2D eigenvalue weighted by molar-refractivity contribution is -0.125. The molecule has 2 unspecified atom stereocenters. The van der Waals surface area contributed by atoms with Crippen LogP contribution < -0.4 is 4.90 Å². The molecule has 0 spiro atoms. The number of fused-ring (bicyclic) bond motifs is 1. The van der Waals surface area contributed by atoms with Gasteiger partial charge in [0, 0.05) is 70.6 Å². The van der Waals surface area contributed by atoms with E-state index in [1.165, 1.54) is 29.0 Å². The molecule has 3 saturated heterocycles. The number of aromatic nitrogens is 2. The molecule has 228 valence electrons. The Morgan fingerprint density at radius 1 is 0.976 bits per heavy atom. The van der Waals surface area contributed by atoms with Crippen molar-refractivity contribution in [3.8, 4) is 0 Å². The number of anilines is 1. The summed E-state index contributed by atoms with van der Waals surface area (Å²) in [5.41, 5.74) is 3.71. The number of aryl methyl sites for hydroxylation is 3. The van der Waals surface area contributed by atoms with Crippen molar-refractivity contribution in [3.63, 3.8) is 0 Å². The molecule has 3 aliphatic rings. The number of amides is 2. The van der Waals surface area contributed by atoms with Crippen LogP contribution in [0, 0.1) is 38.5 Å². The Kier molecular flexibility index (Phi) is 8.92. The van der Waals surface area contributed by atoms with Crippen LogP contribution in [0.4, 0.5) is 5.69 Å². The van der Waals surface area contributed by atoms with Gasteiger partial charge in [-0.3, -0.25) is 9.59 Å². The summed E-state index contributed by atoms with van der Waals surface area (Å²) in [6.07, 6.45) is 2.27. The molecule has 4 heterocycles. The number of hydrogen-bond acceptors (Lipinski definition) is 7. The Hall–Kier alpha value is -2.64. The predicted molar refractivity (Wildman–Crippen MR) is 162 cm³/mol. The van der Waals surface area contributed by atoms with Gasteiger partial charge in [-0.25, -0.2) is 9.97 Å². The zero-order valence-corrected chi connectivity index (χ0v) is 26.5. The molecule has 11 nitrogen and oxygen atoms in total. The van der Waals surface area contributed by atoms with Crippen LogP contribution in [-0.4, -0.2) is 115 Å². The molecule has 5 rings (SSSR count). The van der Waals surface area contributed by atoms with Crippen LogP contribution in [0.3, 0.4) is 0 Å². The van der Waals surface area contributed by atoms with Gasteiger partial charge >= 0.3 is 0 Å². The summed E-state index contributed by atoms with van der Waals surface area (Å²) >= 11 is 6.42. The van der Waals surface area contributed by atoms with Crippen LogP contribution >= 0.6 is 11.6 Å². The lowest BCUT2D eigenvalue weighted by atomic mass is 10.0. The molecule has 3 aliphatic heterocycles. The lowest BCUT2D eigenvalue weighted by Crippen LogP contribution is -2.58. The fraction of sp³-hybridized carbons (Fsp3) is 0.586. The molecule has 0 saturated carbocycles. The molecule has 1 aromatic heterocycles. The highest BCUT2D eigenvalue weighted by Crippen LogP contribution is 2.33. The largest absolute Gasteiger partial charge is 0.338 e. The SMILES string of the molecule is Cc1ccc(N(CCCN2CC3CN(C(=O)c4c(C)ncnc4C)CC3C2)C(=O)C2CN(S(=O)(=O)N(C)C)C2)cc1Cl. The quantitative estimate of drug-likeness (QED) is 0.424. The van der Waals surface area contributed by atoms with Gasteiger partial charge in [-0.05, 0) is 63.3 Å². The standard InChI is InChI=1S/C29H40ClN7O4S/c1-19-7-8-25(11-26(19)30)37(28(38)24-16-36(17-24)42(40,41)33(4)5)10-6-9-34-12-22-14-35(15-23(22)13-34)29(39)27-20(2)31-18-32-21(27)3/h7-8,11,18,22-24H,6,9-10,12-17H2,1-5H3. The van der Waals surface area contributed by atoms with Crippen molar-refractivity contribution in [2.24, 2.45) is 17.8 Å². The second kappa shape index (κ2) is 12.2. The Labute approximate surface area is 253 Å². The van der Waals surface area contributed by atoms with Crippen LogP contribution in [-0.2, 0) is 15.0 Å². The Morgan fingerprint density at radius 2 is 1.60 bits per heavy atom. The van der Waals surface area contributed by atoms with Gasteiger partial charge in [-0.2, -0.15) is 17.0 Å². The molecule has 0 radical (unpaired) electrons. The minimum atomic E-state index is -3.54. The average molecular weight is 618 g/mol. The van der Waals surface area contributed by atoms with Gasteiger partial charge in [0.1, 0.15) is 6.33 Å². The second-order valence-electron chi connectivity index (χ2n) is 12.0. The summed E-state index contributed by atoms with van der Waals surface area (Å²) in [6, 6.07) is 5.62. The van der Waals surface area contributed by atoms with Gasteiger partial charge in [0.2, 0.25) is 5.91 Å². The molecule has 0 bridgehead atoms. The molecule has 2 aromatic rings. The maximum atomic E-state index is 13.6. The molecule has 2 amide bonds. The molecule has 3 fully saturated rings. The van der Waals surface area contributed by atoms with E-state index < -0.39 is 16.1 Å². The topological polar surface area (TPSA) is 110 Å². The lowest BCUT2D eigenvalue weighted by Gasteiger charge is -2.40. The van der Waals surface area contributed by atoms with Crippen molar-refractivity contribution >= 4 is 39.3 Å². The average Bonchev–Trinajstić information content (AvgIpc) is 3.46. The summed E-state index contributed by atoms with van der Waals surface area (Å²) in [6.45, 7) is 10.6. The van der Waals surface area contributed by atoms with Gasteiger partial charge in [0.25, 0.3) is 16.1 Å². The number of hydrogen-bond donors (Lipinski definition) is 0. The third-order valence-corrected chi connectivity index (χ3v) is 11.1. The van der Waals surface area contributed by atoms with Crippen molar-refractivity contribution in [3.05, 3.63) is 52.1 Å². The summed E-state index contributed by atoms with van der Waals surface area (Å²) < 4.78 is 27.4. The van der Waals surface area contributed by atoms with E-state index in [0.29, 0.717) is 40.4 Å². The summed E-state index contributed by atoms with van der Waals surface area (Å²) in [5.74, 6) is 0.394. The number of benzene rings is 1. The number of carbonyl (C=O) groups excluding carboxylic acids is 2. The Bertz CT molecular complexity index is 1430. The molecule has 0 aliphatic carbocycles. The highest BCUT2D eigenvalue weighted by atomic mass is 35.5. The van der Waals surface area contributed by atoms with E-state index in [9.17, 15) is 18.0 Å². The monoisotopic (exact) mass is 617 g/mol. The minimum absolute atomic E-state index is 0.0189. The van der Waals surface area contributed by atoms with E-state index in [-0.39, 0.29) is 24.9 Å². The third-order valence-electron chi connectivity index (χ3n) is 8.86. The van der Waals surface area contributed by atoms with E-state index in [1.807, 2.05) is 43.9 Å². The van der Waals surface area contributed by atoms with Crippen molar-refractivity contribution in [2.45, 2.75) is 27.2 Å². The van der Waals surface area contributed by atoms with Crippen molar-refractivity contribution in [1.82, 2.24) is 28.4 Å². The van der Waals surface area contributed by atoms with E-state index >= 15 is 0 Å². The molecule has 13 heteroatoms. The van der Waals surface area contributed by atoms with Gasteiger partial charge < -0.3 is 14.7 Å². The van der Waals surface area contributed by atoms with E-state index in [2.05, 4.69) is 14.9 Å². The fourth-order valence-corrected chi connectivity index (χ4v) is 7.68. The molecule has 0 N–H and O–H groups in total. The maximum Gasteiger partial charge on any atom is 0.281 e. The molecular formula is C29H40ClN7O4S. The zero-order chi connectivity index (χ0) is 30.3. The molecular weight excluding hydrogens is 578 g/mol. The number of carbonyl (C=O) groups is 2. The Balaban J connectivity index is 1.17. The minimum Gasteiger partial charge on any atom is -0.338 e. The van der Waals surface area contributed by atoms with Gasteiger partial charge in [-0.15, -0.1) is 0 Å². The first-order chi connectivity index (χ1) is 19.9. The normalized spacial score (nSPS) is 21.5. The zero-order valence-electron chi connectivity index (χ0n) is 25.0. The first-order valence-corrected chi connectivity index (χ1v) is 16.2. The van der Waals surface area contributed by atoms with Crippen LogP contribution in [0.15, 0.2) is 24.5 Å². The number of nitrogens with zero attached hydrogens (tertiary/aromatic N) is 7. The van der Waals surface area contributed by atoms with Crippen molar-refractivity contribution in [2.75, 3.05) is 71.4 Å². The molecule has 1 aromatic carbocycles. The van der Waals surface area contributed by atoms with Gasteiger partial charge in [0.15, 0.2) is 0 Å². The first-order valence-electron chi connectivity index (χ1n) is 14.4. The van der Waals surface area contributed by atoms with Crippen molar-refractivity contribution < 1.29 is 18.0 Å². The molecule has 42 heavy (non-hydrogen) atoms. The number of rotatable bonds is 9. The third kappa shape index (κ3) is 6.05. The Morgan fingerprint density at radius 3 is 2.17 bits per heavy atom. The molecule has 2 atom stereocenters. The number of halogens is 1. The highest BCUT2D eigenvalue weighted by Gasteiger charge is 2.44. The van der Waals surface area contributed by atoms with Crippen LogP contribution in [0.2, 0.25) is 5.02 Å². The van der Waals surface area contributed by atoms with E-state index in [4.69, 9.17) is 11.6 Å². The fourth-order valence-electron chi connectivity index (χ4n) is 6.30. The predicted octanol–water partition coefficient (Wildman–Crippen LogP) is 2.22. The number of likely N-dealkylation sites (tertiary alicyclic amines) is 2. The van der Waals surface area contributed by atoms with Gasteiger partial charge in [0.05, 0.1) is 22.9 Å². The second-order valence-corrected chi connectivity index (χ2v) is 14.5. The van der Waals surface area contributed by atoms with E-state index in [1.54, 1.807) is 4.90 Å². The van der Waals surface area contributed by atoms with Gasteiger partial charge in [-0.1, -0.05) is 17.7 Å². The van der Waals surface area contributed by atoms with Crippen molar-refractivity contribution in [1.29, 1.82) is 0 Å². The maximum absolute atomic E-state index is 13.6. The summed E-state index contributed by atoms with van der Waals surface area (Å²) in [5, 5.41) is 0.592. The first kappa shape index (κ1) is 30.8. The van der Waals surface area contributed by atoms with Crippen LogP contribution in [0.25, 0.3) is 0 Å². The summed E-state index contributed by atoms with van der Waals surface area (Å²) in [7, 11) is -0.551. The van der Waals surface area contributed by atoms with Crippen LogP contribution in [0.1, 0.15) is 33.7 Å². The summed E-state index contributed by atoms with van der Waals surface area (Å²) in [4.78, 5) is 41.4. The van der Waals surface area contributed by atoms with E-state index in [0.717, 1.165) is 50.4 Å². The van der Waals surface area contributed by atoms with Crippen LogP contribution in [0.5, 0.6) is 0 Å².